The molecule has 5 nitrogen and oxygen atoms in total. The molecule has 0 aromatic heterocycles. The number of sulfonamides is 1. The molecule has 132 valence electrons. The van der Waals surface area contributed by atoms with Crippen LogP contribution in [0.25, 0.3) is 0 Å². The van der Waals surface area contributed by atoms with E-state index in [9.17, 15) is 21.6 Å². The number of alkyl halides is 3. The number of nitrogens with one attached hydrogen (secondary N) is 1. The average molecular weight is 361 g/mol. The monoisotopic (exact) mass is 361 g/mol. The van der Waals surface area contributed by atoms with Gasteiger partial charge in [0.2, 0.25) is 10.0 Å². The Hall–Kier alpha value is -1.63. The van der Waals surface area contributed by atoms with Gasteiger partial charge in [0.05, 0.1) is 22.1 Å². The van der Waals surface area contributed by atoms with E-state index in [1.165, 1.54) is 6.07 Å². The fourth-order valence-corrected chi connectivity index (χ4v) is 4.33. The maximum atomic E-state index is 13.0. The molecule has 0 aliphatic heterocycles. The third-order valence-electron chi connectivity index (χ3n) is 4.26. The number of hydrogen-bond acceptors (Lipinski definition) is 4. The van der Waals surface area contributed by atoms with E-state index in [0.717, 1.165) is 37.8 Å². The number of nitrogens with two attached hydrogens (primary N) is 1. The van der Waals surface area contributed by atoms with Crippen LogP contribution < -0.4 is 10.5 Å². The molecule has 0 saturated heterocycles. The Bertz CT molecular complexity index is 735. The molecule has 0 radical (unpaired) electrons. The van der Waals surface area contributed by atoms with Crippen LogP contribution in [0.15, 0.2) is 23.1 Å². The molecule has 1 aromatic carbocycles. The molecule has 2 rings (SSSR count). The van der Waals surface area contributed by atoms with E-state index >= 15 is 0 Å². The molecule has 0 spiro atoms. The van der Waals surface area contributed by atoms with Crippen LogP contribution in [0.5, 0.6) is 0 Å². The van der Waals surface area contributed by atoms with Crippen molar-refractivity contribution in [2.24, 2.45) is 11.7 Å². The Morgan fingerprint density at radius 3 is 2.46 bits per heavy atom. The van der Waals surface area contributed by atoms with Crippen LogP contribution in [0, 0.1) is 17.2 Å². The molecule has 1 fully saturated rings. The van der Waals surface area contributed by atoms with Gasteiger partial charge in [-0.2, -0.15) is 18.4 Å². The molecule has 1 aliphatic carbocycles. The first-order valence-electron chi connectivity index (χ1n) is 7.53. The van der Waals surface area contributed by atoms with Crippen LogP contribution in [0.2, 0.25) is 0 Å². The van der Waals surface area contributed by atoms with E-state index in [0.29, 0.717) is 6.07 Å². The highest BCUT2D eigenvalue weighted by Gasteiger charge is 2.35. The summed E-state index contributed by atoms with van der Waals surface area (Å²) in [4.78, 5) is -0.523. The summed E-state index contributed by atoms with van der Waals surface area (Å²) in [6.07, 6.45) is -1.16. The van der Waals surface area contributed by atoms with E-state index < -0.39 is 38.3 Å². The normalized spacial score (nSPS) is 17.6. The van der Waals surface area contributed by atoms with E-state index in [1.807, 2.05) is 0 Å². The van der Waals surface area contributed by atoms with E-state index in [1.54, 1.807) is 0 Å². The fraction of sp³-hybridized carbons (Fsp3) is 0.533. The lowest BCUT2D eigenvalue weighted by atomic mass is 9.99. The third-order valence-corrected chi connectivity index (χ3v) is 5.74. The lowest BCUT2D eigenvalue weighted by Crippen LogP contribution is -2.44. The summed E-state index contributed by atoms with van der Waals surface area (Å²) in [5, 5.41) is 8.77. The minimum absolute atomic E-state index is 0.0757. The van der Waals surface area contributed by atoms with Gasteiger partial charge < -0.3 is 5.73 Å². The first kappa shape index (κ1) is 18.7. The van der Waals surface area contributed by atoms with Crippen molar-refractivity contribution >= 4 is 10.0 Å². The number of benzene rings is 1. The molecular formula is C15H18F3N3O2S. The first-order chi connectivity index (χ1) is 11.2. The summed E-state index contributed by atoms with van der Waals surface area (Å²) in [5.74, 6) is 0.0882. The highest BCUT2D eigenvalue weighted by molar-refractivity contribution is 7.89. The smallest absolute Gasteiger partial charge is 0.329 e. The Morgan fingerprint density at radius 1 is 1.33 bits per heavy atom. The van der Waals surface area contributed by atoms with Crippen molar-refractivity contribution in [3.63, 3.8) is 0 Å². The average Bonchev–Trinajstić information content (AvgIpc) is 3.05. The molecular weight excluding hydrogens is 343 g/mol. The minimum atomic E-state index is -4.81. The predicted octanol–water partition coefficient (Wildman–Crippen LogP) is 2.37. The predicted molar refractivity (Wildman–Crippen MR) is 81.3 cm³/mol. The number of rotatable bonds is 5. The van der Waals surface area contributed by atoms with Gasteiger partial charge >= 0.3 is 6.18 Å². The van der Waals surface area contributed by atoms with Crippen molar-refractivity contribution in [1.82, 2.24) is 4.72 Å². The second-order valence-electron chi connectivity index (χ2n) is 5.82. The molecule has 3 N–H and O–H groups in total. The van der Waals surface area contributed by atoms with Gasteiger partial charge in [0.1, 0.15) is 0 Å². The van der Waals surface area contributed by atoms with Gasteiger partial charge in [-0.15, -0.1) is 0 Å². The van der Waals surface area contributed by atoms with Gasteiger partial charge in [-0.1, -0.05) is 12.8 Å². The first-order valence-corrected chi connectivity index (χ1v) is 9.01. The van der Waals surface area contributed by atoms with Gasteiger partial charge in [-0.05, 0) is 37.0 Å². The van der Waals surface area contributed by atoms with E-state index in [4.69, 9.17) is 11.0 Å². The summed E-state index contributed by atoms with van der Waals surface area (Å²) < 4.78 is 66.2. The maximum Gasteiger partial charge on any atom is 0.417 e. The highest BCUT2D eigenvalue weighted by Crippen LogP contribution is 2.34. The molecule has 0 amide bonds. The van der Waals surface area contributed by atoms with Crippen molar-refractivity contribution in [2.75, 3.05) is 6.54 Å². The van der Waals surface area contributed by atoms with Crippen LogP contribution in [0.1, 0.15) is 36.8 Å². The topological polar surface area (TPSA) is 96.0 Å². The summed E-state index contributed by atoms with van der Waals surface area (Å²) in [6, 6.07) is 3.26. The number of halogens is 3. The molecule has 0 bridgehead atoms. The summed E-state index contributed by atoms with van der Waals surface area (Å²) in [5.41, 5.74) is 3.75. The largest absolute Gasteiger partial charge is 0.417 e. The SMILES string of the molecule is N#Cc1ccc(S(=O)(=O)NC(CN)C2CCCC2)cc1C(F)(F)F. The molecule has 1 atom stereocenters. The molecule has 1 saturated carbocycles. The van der Waals surface area contributed by atoms with Crippen LogP contribution in [0.4, 0.5) is 13.2 Å². The zero-order valence-electron chi connectivity index (χ0n) is 12.8. The molecule has 1 aliphatic rings. The Morgan fingerprint density at radius 2 is 1.96 bits per heavy atom. The van der Waals surface area contributed by atoms with Crippen molar-refractivity contribution in [3.8, 4) is 6.07 Å². The van der Waals surface area contributed by atoms with Crippen molar-refractivity contribution < 1.29 is 21.6 Å². The lowest BCUT2D eigenvalue weighted by molar-refractivity contribution is -0.137. The summed E-state index contributed by atoms with van der Waals surface area (Å²) in [7, 11) is -4.16. The summed E-state index contributed by atoms with van der Waals surface area (Å²) in [6.45, 7) is 0.0757. The third kappa shape index (κ3) is 4.06. The number of nitriles is 1. The van der Waals surface area contributed by atoms with Gasteiger partial charge in [0.25, 0.3) is 0 Å². The fourth-order valence-electron chi connectivity index (χ4n) is 2.99. The van der Waals surface area contributed by atoms with Crippen LogP contribution in [-0.4, -0.2) is 21.0 Å². The van der Waals surface area contributed by atoms with Gasteiger partial charge in [-0.3, -0.25) is 0 Å². The Labute approximate surface area is 138 Å². The van der Waals surface area contributed by atoms with Crippen LogP contribution >= 0.6 is 0 Å². The molecule has 24 heavy (non-hydrogen) atoms. The van der Waals surface area contributed by atoms with Crippen molar-refractivity contribution in [3.05, 3.63) is 29.3 Å². The standard InChI is InChI=1S/C15H18F3N3O2S/c16-15(17,18)13-7-12(6-5-11(13)8-19)24(22,23)21-14(9-20)10-3-1-2-4-10/h5-7,10,14,21H,1-4,9,20H2. The molecule has 0 heterocycles. The molecule has 1 unspecified atom stereocenters. The minimum Gasteiger partial charge on any atom is -0.329 e. The van der Waals surface area contributed by atoms with Crippen LogP contribution in [0.3, 0.4) is 0 Å². The second kappa shape index (κ2) is 7.09. The quantitative estimate of drug-likeness (QED) is 0.841. The zero-order valence-corrected chi connectivity index (χ0v) is 13.6. The van der Waals surface area contributed by atoms with E-state index in [-0.39, 0.29) is 12.5 Å². The van der Waals surface area contributed by atoms with Gasteiger partial charge in [0.15, 0.2) is 0 Å². The van der Waals surface area contributed by atoms with Crippen molar-refractivity contribution in [2.45, 2.75) is 42.8 Å². The second-order valence-corrected chi connectivity index (χ2v) is 7.54. The van der Waals surface area contributed by atoms with E-state index in [2.05, 4.69) is 4.72 Å². The Balaban J connectivity index is 2.33. The van der Waals surface area contributed by atoms with Crippen molar-refractivity contribution in [1.29, 1.82) is 5.26 Å². The Kier molecular flexibility index (Phi) is 5.52. The lowest BCUT2D eigenvalue weighted by Gasteiger charge is -2.23. The number of hydrogen-bond donors (Lipinski definition) is 2. The highest BCUT2D eigenvalue weighted by atomic mass is 32.2. The number of nitrogens with zero attached hydrogens (tertiary/aromatic N) is 1. The summed E-state index contributed by atoms with van der Waals surface area (Å²) >= 11 is 0. The zero-order chi connectivity index (χ0) is 18.0. The van der Waals surface area contributed by atoms with Gasteiger partial charge in [-0.25, -0.2) is 13.1 Å². The van der Waals surface area contributed by atoms with Crippen LogP contribution in [-0.2, 0) is 16.2 Å². The molecule has 1 aromatic rings. The maximum absolute atomic E-state index is 13.0. The molecule has 9 heteroatoms. The van der Waals surface area contributed by atoms with Gasteiger partial charge in [0, 0.05) is 12.6 Å².